The summed E-state index contributed by atoms with van der Waals surface area (Å²) in [6.07, 6.45) is 2.34. The lowest BCUT2D eigenvalue weighted by Gasteiger charge is -2.24. The lowest BCUT2D eigenvalue weighted by atomic mass is 9.86. The minimum Gasteiger partial charge on any atom is -0.310 e. The molecular weight excluding hydrogens is 322 g/mol. The van der Waals surface area contributed by atoms with Crippen LogP contribution in [-0.2, 0) is 4.79 Å². The molecule has 3 aromatic rings. The molecule has 1 atom stereocenters. The number of hydrogen-bond acceptors (Lipinski definition) is 2. The molecular formula is C22H23N3O. The molecule has 4 heteroatoms. The predicted octanol–water partition coefficient (Wildman–Crippen LogP) is 4.78. The summed E-state index contributed by atoms with van der Waals surface area (Å²) in [4.78, 5) is 12.4. The van der Waals surface area contributed by atoms with Gasteiger partial charge in [-0.3, -0.25) is 4.79 Å². The monoisotopic (exact) mass is 345 g/mol. The zero-order valence-electron chi connectivity index (χ0n) is 15.4. The molecule has 1 aliphatic heterocycles. The van der Waals surface area contributed by atoms with Crippen molar-refractivity contribution in [3.05, 3.63) is 77.0 Å². The number of carbonyl (C=O) groups excluding carboxylic acids is 1. The van der Waals surface area contributed by atoms with E-state index in [9.17, 15) is 4.79 Å². The number of aromatic nitrogens is 2. The molecule has 2 heterocycles. The standard InChI is InChI=1S/C22H23N3O/c1-14(2)16-6-8-17(9-7-16)19-12-21(26)24-22-20(19)13-23-25(22)18-10-4-15(3)5-11-18/h4-11,13-14,19H,12H2,1-3H3,(H,24,26)/t19-/m1/s1. The van der Waals surface area contributed by atoms with Gasteiger partial charge in [-0.2, -0.15) is 5.10 Å². The Balaban J connectivity index is 1.74. The molecule has 1 N–H and O–H groups in total. The molecule has 0 saturated heterocycles. The number of rotatable bonds is 3. The molecule has 0 aliphatic carbocycles. The van der Waals surface area contributed by atoms with Crippen molar-refractivity contribution < 1.29 is 4.79 Å². The summed E-state index contributed by atoms with van der Waals surface area (Å²) in [5.41, 5.74) is 5.69. The van der Waals surface area contributed by atoms with Crippen molar-refractivity contribution in [3.8, 4) is 5.69 Å². The Morgan fingerprint density at radius 3 is 2.42 bits per heavy atom. The molecule has 1 aromatic heterocycles. The van der Waals surface area contributed by atoms with Crippen LogP contribution in [0.4, 0.5) is 5.82 Å². The Morgan fingerprint density at radius 2 is 1.77 bits per heavy atom. The van der Waals surface area contributed by atoms with Crippen molar-refractivity contribution in [3.63, 3.8) is 0 Å². The fourth-order valence-electron chi connectivity index (χ4n) is 3.51. The van der Waals surface area contributed by atoms with Crippen LogP contribution in [0, 0.1) is 6.92 Å². The molecule has 4 rings (SSSR count). The minimum atomic E-state index is 0.0318. The third-order valence-electron chi connectivity index (χ3n) is 5.10. The number of hydrogen-bond donors (Lipinski definition) is 1. The lowest BCUT2D eigenvalue weighted by Crippen LogP contribution is -2.24. The first-order chi connectivity index (χ1) is 12.5. The van der Waals surface area contributed by atoms with Crippen LogP contribution in [-0.4, -0.2) is 15.7 Å². The molecule has 0 radical (unpaired) electrons. The number of nitrogens with one attached hydrogen (secondary N) is 1. The zero-order chi connectivity index (χ0) is 18.3. The van der Waals surface area contributed by atoms with E-state index in [0.717, 1.165) is 22.6 Å². The lowest BCUT2D eigenvalue weighted by molar-refractivity contribution is -0.116. The highest BCUT2D eigenvalue weighted by atomic mass is 16.1. The molecule has 1 aliphatic rings. The first-order valence-corrected chi connectivity index (χ1v) is 9.07. The Labute approximate surface area is 153 Å². The van der Waals surface area contributed by atoms with E-state index < -0.39 is 0 Å². The molecule has 4 nitrogen and oxygen atoms in total. The van der Waals surface area contributed by atoms with Gasteiger partial charge >= 0.3 is 0 Å². The normalized spacial score (nSPS) is 16.5. The van der Waals surface area contributed by atoms with Crippen molar-refractivity contribution >= 4 is 11.7 Å². The number of nitrogens with zero attached hydrogens (tertiary/aromatic N) is 2. The Bertz CT molecular complexity index is 937. The number of amides is 1. The van der Waals surface area contributed by atoms with E-state index in [1.54, 1.807) is 0 Å². The van der Waals surface area contributed by atoms with Crippen LogP contribution in [0.1, 0.15) is 54.4 Å². The molecule has 0 saturated carbocycles. The summed E-state index contributed by atoms with van der Waals surface area (Å²) in [5, 5.41) is 7.57. The first-order valence-electron chi connectivity index (χ1n) is 9.07. The van der Waals surface area contributed by atoms with Gasteiger partial charge in [0.15, 0.2) is 0 Å². The summed E-state index contributed by atoms with van der Waals surface area (Å²) < 4.78 is 1.82. The molecule has 1 amide bonds. The predicted molar refractivity (Wildman–Crippen MR) is 104 cm³/mol. The summed E-state index contributed by atoms with van der Waals surface area (Å²) in [5.74, 6) is 1.35. The number of fused-ring (bicyclic) bond motifs is 1. The van der Waals surface area contributed by atoms with Crippen LogP contribution in [0.2, 0.25) is 0 Å². The van der Waals surface area contributed by atoms with E-state index in [0.29, 0.717) is 12.3 Å². The van der Waals surface area contributed by atoms with Gasteiger partial charge in [-0.1, -0.05) is 55.8 Å². The topological polar surface area (TPSA) is 46.9 Å². The third kappa shape index (κ3) is 2.92. The van der Waals surface area contributed by atoms with Crippen LogP contribution < -0.4 is 5.32 Å². The summed E-state index contributed by atoms with van der Waals surface area (Å²) in [6, 6.07) is 16.8. The SMILES string of the molecule is Cc1ccc(-n2ncc3c2NC(=O)C[C@@H]3c2ccc(C(C)C)cc2)cc1. The van der Waals surface area contributed by atoms with E-state index in [2.05, 4.69) is 67.6 Å². The van der Waals surface area contributed by atoms with Gasteiger partial charge < -0.3 is 5.32 Å². The maximum Gasteiger partial charge on any atom is 0.226 e. The molecule has 132 valence electrons. The summed E-state index contributed by atoms with van der Waals surface area (Å²) >= 11 is 0. The van der Waals surface area contributed by atoms with Crippen LogP contribution in [0.5, 0.6) is 0 Å². The second-order valence-corrected chi connectivity index (χ2v) is 7.32. The smallest absolute Gasteiger partial charge is 0.226 e. The molecule has 26 heavy (non-hydrogen) atoms. The zero-order valence-corrected chi connectivity index (χ0v) is 15.4. The molecule has 0 bridgehead atoms. The molecule has 0 unspecified atom stereocenters. The number of aryl methyl sites for hydroxylation is 1. The fourth-order valence-corrected chi connectivity index (χ4v) is 3.51. The number of carbonyl (C=O) groups is 1. The number of anilines is 1. The van der Waals surface area contributed by atoms with Gasteiger partial charge in [-0.05, 0) is 36.1 Å². The van der Waals surface area contributed by atoms with Crippen molar-refractivity contribution in [2.24, 2.45) is 0 Å². The van der Waals surface area contributed by atoms with E-state index in [-0.39, 0.29) is 11.8 Å². The van der Waals surface area contributed by atoms with Crippen LogP contribution >= 0.6 is 0 Å². The van der Waals surface area contributed by atoms with E-state index in [4.69, 9.17) is 0 Å². The summed E-state index contributed by atoms with van der Waals surface area (Å²) in [6.45, 7) is 6.43. The quantitative estimate of drug-likeness (QED) is 0.743. The van der Waals surface area contributed by atoms with E-state index in [1.165, 1.54) is 11.1 Å². The van der Waals surface area contributed by atoms with Crippen molar-refractivity contribution in [2.75, 3.05) is 5.32 Å². The Hall–Kier alpha value is -2.88. The van der Waals surface area contributed by atoms with Crippen LogP contribution in [0.3, 0.4) is 0 Å². The van der Waals surface area contributed by atoms with Crippen molar-refractivity contribution in [1.29, 1.82) is 0 Å². The second-order valence-electron chi connectivity index (χ2n) is 7.32. The fraction of sp³-hybridized carbons (Fsp3) is 0.273. The maximum atomic E-state index is 12.4. The van der Waals surface area contributed by atoms with Gasteiger partial charge in [-0.25, -0.2) is 4.68 Å². The second kappa shape index (κ2) is 6.45. The number of benzene rings is 2. The van der Waals surface area contributed by atoms with E-state index in [1.807, 2.05) is 23.0 Å². The van der Waals surface area contributed by atoms with Gasteiger partial charge in [0.05, 0.1) is 11.9 Å². The summed E-state index contributed by atoms with van der Waals surface area (Å²) in [7, 11) is 0. The minimum absolute atomic E-state index is 0.0318. The molecule has 0 spiro atoms. The first kappa shape index (κ1) is 16.6. The van der Waals surface area contributed by atoms with Crippen LogP contribution in [0.15, 0.2) is 54.7 Å². The molecule has 2 aromatic carbocycles. The average Bonchev–Trinajstić information content (AvgIpc) is 3.05. The Morgan fingerprint density at radius 1 is 1.08 bits per heavy atom. The largest absolute Gasteiger partial charge is 0.310 e. The van der Waals surface area contributed by atoms with Gasteiger partial charge in [-0.15, -0.1) is 0 Å². The highest BCUT2D eigenvalue weighted by Gasteiger charge is 2.30. The molecule has 0 fully saturated rings. The van der Waals surface area contributed by atoms with Gasteiger partial charge in [0.1, 0.15) is 5.82 Å². The van der Waals surface area contributed by atoms with Crippen molar-refractivity contribution in [2.45, 2.75) is 39.0 Å². The highest BCUT2D eigenvalue weighted by molar-refractivity contribution is 5.94. The van der Waals surface area contributed by atoms with Gasteiger partial charge in [0.25, 0.3) is 0 Å². The maximum absolute atomic E-state index is 12.4. The van der Waals surface area contributed by atoms with Gasteiger partial charge in [0, 0.05) is 17.9 Å². The Kier molecular flexibility index (Phi) is 4.11. The average molecular weight is 345 g/mol. The highest BCUT2D eigenvalue weighted by Crippen LogP contribution is 2.38. The van der Waals surface area contributed by atoms with E-state index >= 15 is 0 Å². The van der Waals surface area contributed by atoms with Crippen LogP contribution in [0.25, 0.3) is 5.69 Å². The van der Waals surface area contributed by atoms with Gasteiger partial charge in [0.2, 0.25) is 5.91 Å². The third-order valence-corrected chi connectivity index (χ3v) is 5.10. The van der Waals surface area contributed by atoms with Crippen molar-refractivity contribution in [1.82, 2.24) is 9.78 Å².